The molecular formula is C17H21NO4. The van der Waals surface area contributed by atoms with Gasteiger partial charge in [-0.2, -0.15) is 0 Å². The summed E-state index contributed by atoms with van der Waals surface area (Å²) in [6.07, 6.45) is 1.49. The summed E-state index contributed by atoms with van der Waals surface area (Å²) in [5.41, 5.74) is 0.206. The maximum Gasteiger partial charge on any atom is 0.251 e. The molecule has 0 radical (unpaired) electrons. The zero-order chi connectivity index (χ0) is 16.2. The number of aryl methyl sites for hydroxylation is 1. The van der Waals surface area contributed by atoms with Gasteiger partial charge in [0.15, 0.2) is 0 Å². The van der Waals surface area contributed by atoms with Crippen LogP contribution in [-0.2, 0) is 5.60 Å². The van der Waals surface area contributed by atoms with E-state index < -0.39 is 5.60 Å². The van der Waals surface area contributed by atoms with Crippen molar-refractivity contribution >= 4 is 5.91 Å². The molecule has 1 aromatic carbocycles. The van der Waals surface area contributed by atoms with Crippen LogP contribution in [-0.4, -0.2) is 24.2 Å². The maximum atomic E-state index is 12.2. The van der Waals surface area contributed by atoms with Crippen molar-refractivity contribution in [1.82, 2.24) is 5.32 Å². The average Bonchev–Trinajstić information content (AvgIpc) is 3.02. The number of rotatable bonds is 6. The minimum absolute atomic E-state index is 0.0528. The molecular weight excluding hydrogens is 282 g/mol. The largest absolute Gasteiger partial charge is 0.494 e. The molecule has 118 valence electrons. The highest BCUT2D eigenvalue weighted by molar-refractivity contribution is 5.94. The Morgan fingerprint density at radius 1 is 1.41 bits per heavy atom. The van der Waals surface area contributed by atoms with E-state index in [1.165, 1.54) is 6.26 Å². The monoisotopic (exact) mass is 303 g/mol. The second kappa shape index (κ2) is 6.66. The summed E-state index contributed by atoms with van der Waals surface area (Å²) < 4.78 is 10.7. The molecule has 0 fully saturated rings. The Morgan fingerprint density at radius 2 is 2.18 bits per heavy atom. The third kappa shape index (κ3) is 3.68. The quantitative estimate of drug-likeness (QED) is 0.860. The Balaban J connectivity index is 2.05. The van der Waals surface area contributed by atoms with E-state index >= 15 is 0 Å². The second-order valence-electron chi connectivity index (χ2n) is 5.35. The normalized spacial score (nSPS) is 13.5. The molecule has 1 aromatic heterocycles. The molecule has 5 nitrogen and oxygen atoms in total. The molecule has 0 aliphatic rings. The number of benzene rings is 1. The molecule has 0 aliphatic carbocycles. The van der Waals surface area contributed by atoms with E-state index in [9.17, 15) is 9.90 Å². The molecule has 1 atom stereocenters. The Labute approximate surface area is 129 Å². The second-order valence-corrected chi connectivity index (χ2v) is 5.35. The van der Waals surface area contributed by atoms with E-state index in [4.69, 9.17) is 9.15 Å². The number of hydrogen-bond donors (Lipinski definition) is 2. The number of aliphatic hydroxyl groups is 1. The number of furan rings is 1. The Kier molecular flexibility index (Phi) is 4.88. The van der Waals surface area contributed by atoms with Crippen molar-refractivity contribution in [1.29, 1.82) is 0 Å². The molecule has 1 heterocycles. The summed E-state index contributed by atoms with van der Waals surface area (Å²) in [7, 11) is 0. The summed E-state index contributed by atoms with van der Waals surface area (Å²) in [6, 6.07) is 8.64. The van der Waals surface area contributed by atoms with Gasteiger partial charge in [0.1, 0.15) is 17.1 Å². The first-order valence-electron chi connectivity index (χ1n) is 7.22. The van der Waals surface area contributed by atoms with Crippen LogP contribution in [0.1, 0.15) is 35.5 Å². The summed E-state index contributed by atoms with van der Waals surface area (Å²) >= 11 is 0. The third-order valence-electron chi connectivity index (χ3n) is 3.40. The lowest BCUT2D eigenvalue weighted by atomic mass is 10.0. The molecule has 1 amide bonds. The maximum absolute atomic E-state index is 12.2. The van der Waals surface area contributed by atoms with Crippen molar-refractivity contribution in [2.75, 3.05) is 13.2 Å². The lowest BCUT2D eigenvalue weighted by Crippen LogP contribution is -2.38. The zero-order valence-corrected chi connectivity index (χ0v) is 13.1. The van der Waals surface area contributed by atoms with E-state index in [2.05, 4.69) is 5.32 Å². The smallest absolute Gasteiger partial charge is 0.251 e. The highest BCUT2D eigenvalue weighted by atomic mass is 16.5. The van der Waals surface area contributed by atoms with Gasteiger partial charge in [0.25, 0.3) is 5.91 Å². The lowest BCUT2D eigenvalue weighted by Gasteiger charge is -2.21. The van der Waals surface area contributed by atoms with Crippen LogP contribution < -0.4 is 10.1 Å². The van der Waals surface area contributed by atoms with Gasteiger partial charge in [-0.25, -0.2) is 0 Å². The van der Waals surface area contributed by atoms with Crippen molar-refractivity contribution in [3.63, 3.8) is 0 Å². The molecule has 2 N–H and O–H groups in total. The summed E-state index contributed by atoms with van der Waals surface area (Å²) in [6.45, 7) is 6.00. The van der Waals surface area contributed by atoms with Gasteiger partial charge >= 0.3 is 0 Å². The number of hydrogen-bond acceptors (Lipinski definition) is 4. The highest BCUT2D eigenvalue weighted by Gasteiger charge is 2.27. The standard InChI is InChI=1S/C17H21NO4/c1-4-21-14-10-13(8-7-12(14)2)16(19)18-11-17(3,20)15-6-5-9-22-15/h5-10,20H,4,11H2,1-3H3,(H,18,19). The molecule has 22 heavy (non-hydrogen) atoms. The van der Waals surface area contributed by atoms with Crippen LogP contribution in [0.5, 0.6) is 5.75 Å². The summed E-state index contributed by atoms with van der Waals surface area (Å²) in [5.74, 6) is 0.826. The minimum Gasteiger partial charge on any atom is -0.494 e. The highest BCUT2D eigenvalue weighted by Crippen LogP contribution is 2.21. The van der Waals surface area contributed by atoms with E-state index in [-0.39, 0.29) is 12.5 Å². The molecule has 2 rings (SSSR count). The van der Waals surface area contributed by atoms with Crippen LogP contribution in [0.2, 0.25) is 0 Å². The molecule has 0 spiro atoms. The fourth-order valence-electron chi connectivity index (χ4n) is 2.08. The van der Waals surface area contributed by atoms with E-state index in [0.717, 1.165) is 5.56 Å². The zero-order valence-electron chi connectivity index (χ0n) is 13.1. The van der Waals surface area contributed by atoms with E-state index in [1.54, 1.807) is 31.2 Å². The average molecular weight is 303 g/mol. The minimum atomic E-state index is -1.26. The van der Waals surface area contributed by atoms with Gasteiger partial charge in [-0.15, -0.1) is 0 Å². The Bertz CT molecular complexity index is 632. The predicted molar refractivity (Wildman–Crippen MR) is 83.0 cm³/mol. The molecule has 5 heteroatoms. The van der Waals surface area contributed by atoms with Gasteiger partial charge < -0.3 is 19.6 Å². The first-order chi connectivity index (χ1) is 10.4. The number of carbonyl (C=O) groups excluding carboxylic acids is 1. The summed E-state index contributed by atoms with van der Waals surface area (Å²) in [4.78, 5) is 12.2. The topological polar surface area (TPSA) is 71.7 Å². The number of ether oxygens (including phenoxy) is 1. The molecule has 0 saturated carbocycles. The van der Waals surface area contributed by atoms with Crippen LogP contribution in [0.4, 0.5) is 0 Å². The molecule has 2 aromatic rings. The van der Waals surface area contributed by atoms with Crippen LogP contribution in [0.15, 0.2) is 41.0 Å². The van der Waals surface area contributed by atoms with Crippen molar-refractivity contribution in [3.8, 4) is 5.75 Å². The SMILES string of the molecule is CCOc1cc(C(=O)NCC(C)(O)c2ccco2)ccc1C. The fraction of sp³-hybridized carbons (Fsp3) is 0.353. The number of carbonyl (C=O) groups is 1. The molecule has 0 aliphatic heterocycles. The van der Waals surface area contributed by atoms with Gasteiger partial charge in [0.05, 0.1) is 19.4 Å². The van der Waals surface area contributed by atoms with Crippen molar-refractivity contribution in [3.05, 3.63) is 53.5 Å². The Morgan fingerprint density at radius 3 is 2.82 bits per heavy atom. The van der Waals surface area contributed by atoms with Crippen molar-refractivity contribution in [2.24, 2.45) is 0 Å². The molecule has 0 bridgehead atoms. The first-order valence-corrected chi connectivity index (χ1v) is 7.22. The lowest BCUT2D eigenvalue weighted by molar-refractivity contribution is 0.0330. The first kappa shape index (κ1) is 16.1. The van der Waals surface area contributed by atoms with Gasteiger partial charge in [0, 0.05) is 5.56 Å². The van der Waals surface area contributed by atoms with E-state index in [1.807, 2.05) is 19.9 Å². The molecule has 1 unspecified atom stereocenters. The van der Waals surface area contributed by atoms with Gasteiger partial charge in [-0.1, -0.05) is 6.07 Å². The molecule has 0 saturated heterocycles. The predicted octanol–water partition coefficient (Wildman–Crippen LogP) is 2.62. The van der Waals surface area contributed by atoms with E-state index in [0.29, 0.717) is 23.7 Å². The third-order valence-corrected chi connectivity index (χ3v) is 3.40. The van der Waals surface area contributed by atoms with Crippen LogP contribution in [0.3, 0.4) is 0 Å². The van der Waals surface area contributed by atoms with Gasteiger partial charge in [-0.05, 0) is 50.6 Å². The fourth-order valence-corrected chi connectivity index (χ4v) is 2.08. The summed E-state index contributed by atoms with van der Waals surface area (Å²) in [5, 5.41) is 13.0. The van der Waals surface area contributed by atoms with Crippen LogP contribution in [0.25, 0.3) is 0 Å². The number of nitrogens with one attached hydrogen (secondary N) is 1. The number of amides is 1. The van der Waals surface area contributed by atoms with Crippen molar-refractivity contribution in [2.45, 2.75) is 26.4 Å². The van der Waals surface area contributed by atoms with Crippen LogP contribution in [0, 0.1) is 6.92 Å². The Hall–Kier alpha value is -2.27. The van der Waals surface area contributed by atoms with Gasteiger partial charge in [0.2, 0.25) is 0 Å². The van der Waals surface area contributed by atoms with Crippen molar-refractivity contribution < 1.29 is 19.1 Å². The van der Waals surface area contributed by atoms with Crippen LogP contribution >= 0.6 is 0 Å². The van der Waals surface area contributed by atoms with Gasteiger partial charge in [-0.3, -0.25) is 4.79 Å².